The molecule has 0 saturated carbocycles. The molecular formula is C28H33Cl2N5O2. The summed E-state index contributed by atoms with van der Waals surface area (Å²) in [5.74, 6) is -0.261. The highest BCUT2D eigenvalue weighted by Gasteiger charge is 2.35. The molecule has 1 N–H and O–H groups in total. The number of fused-ring (bicyclic) bond motifs is 1. The van der Waals surface area contributed by atoms with Crippen molar-refractivity contribution in [3.63, 3.8) is 0 Å². The van der Waals surface area contributed by atoms with Crippen molar-refractivity contribution in [3.8, 4) is 0 Å². The van der Waals surface area contributed by atoms with Gasteiger partial charge in [-0.15, -0.1) is 0 Å². The fourth-order valence-corrected chi connectivity index (χ4v) is 6.64. The third kappa shape index (κ3) is 5.27. The van der Waals surface area contributed by atoms with Crippen molar-refractivity contribution in [1.29, 1.82) is 0 Å². The zero-order valence-corrected chi connectivity index (χ0v) is 23.0. The lowest BCUT2D eigenvalue weighted by atomic mass is 9.83. The number of hydrogen-bond donors (Lipinski definition) is 1. The predicted molar refractivity (Wildman–Crippen MR) is 147 cm³/mol. The van der Waals surface area contributed by atoms with Crippen LogP contribution in [0.25, 0.3) is 16.7 Å². The summed E-state index contributed by atoms with van der Waals surface area (Å²) in [4.78, 5) is 23.5. The molecule has 1 aromatic carbocycles. The Kier molecular flexibility index (Phi) is 7.57. The number of carboxylic acid groups (broad SMARTS) is 1. The van der Waals surface area contributed by atoms with Crippen molar-refractivity contribution in [3.05, 3.63) is 57.5 Å². The molecule has 5 rings (SSSR count). The van der Waals surface area contributed by atoms with E-state index in [1.54, 1.807) is 6.07 Å². The maximum atomic E-state index is 11.1. The topological polar surface area (TPSA) is 84.1 Å². The minimum Gasteiger partial charge on any atom is -0.481 e. The highest BCUT2D eigenvalue weighted by Crippen LogP contribution is 2.37. The predicted octanol–water partition coefficient (Wildman–Crippen LogP) is 6.56. The average molecular weight is 543 g/mol. The Bertz CT molecular complexity index is 1350. The molecule has 1 saturated heterocycles. The molecule has 0 amide bonds. The van der Waals surface area contributed by atoms with Gasteiger partial charge in [0.2, 0.25) is 0 Å². The van der Waals surface area contributed by atoms with E-state index in [4.69, 9.17) is 43.4 Å². The first-order valence-electron chi connectivity index (χ1n) is 13.1. The third-order valence-corrected chi connectivity index (χ3v) is 8.59. The van der Waals surface area contributed by atoms with Gasteiger partial charge in [-0.2, -0.15) is 5.10 Å². The number of halogens is 2. The van der Waals surface area contributed by atoms with Crippen molar-refractivity contribution in [1.82, 2.24) is 24.6 Å². The average Bonchev–Trinajstić information content (AvgIpc) is 3.46. The second kappa shape index (κ2) is 10.7. The van der Waals surface area contributed by atoms with Crippen LogP contribution >= 0.6 is 23.2 Å². The van der Waals surface area contributed by atoms with Gasteiger partial charge in [0.05, 0.1) is 23.6 Å². The Balaban J connectivity index is 1.41. The number of allylic oxidation sites excluding steroid dienone is 1. The van der Waals surface area contributed by atoms with Crippen LogP contribution < -0.4 is 0 Å². The molecule has 7 nitrogen and oxygen atoms in total. The molecule has 9 heteroatoms. The number of carboxylic acids is 1. The lowest BCUT2D eigenvalue weighted by Gasteiger charge is -2.39. The van der Waals surface area contributed by atoms with Crippen LogP contribution in [-0.4, -0.2) is 54.4 Å². The van der Waals surface area contributed by atoms with E-state index in [2.05, 4.69) is 24.8 Å². The number of rotatable bonds is 7. The Morgan fingerprint density at radius 2 is 2.11 bits per heavy atom. The molecule has 1 unspecified atom stereocenters. The molecule has 2 aliphatic rings. The van der Waals surface area contributed by atoms with Crippen LogP contribution in [0.5, 0.6) is 0 Å². The first-order valence-corrected chi connectivity index (χ1v) is 13.8. The first kappa shape index (κ1) is 26.1. The first-order chi connectivity index (χ1) is 17.7. The standard InChI is InChI=1S/C28H33Cl2N5O2/c1-16-13-19(6-10-25(16)34-12-4-5-21(34)8-11-26(36)37)24-15-31-27-17(2)33-35(28(27)32-24)18(3)22-9-7-20(29)14-23(22)30/h6-7,9,14-16,18,21,25H,4-5,8,10-13H2,1-3H3,(H,36,37)/t16-,18?,21+,25+/m1/s1. The quantitative estimate of drug-likeness (QED) is 0.364. The van der Waals surface area contributed by atoms with Crippen LogP contribution in [-0.2, 0) is 4.79 Å². The fourth-order valence-electron chi connectivity index (χ4n) is 6.08. The summed E-state index contributed by atoms with van der Waals surface area (Å²) >= 11 is 12.6. The smallest absolute Gasteiger partial charge is 0.303 e. The van der Waals surface area contributed by atoms with Crippen LogP contribution in [0, 0.1) is 12.8 Å². The largest absolute Gasteiger partial charge is 0.481 e. The van der Waals surface area contributed by atoms with Crippen LogP contribution in [0.1, 0.15) is 75.4 Å². The molecule has 1 aliphatic carbocycles. The maximum absolute atomic E-state index is 11.1. The highest BCUT2D eigenvalue weighted by atomic mass is 35.5. The number of benzene rings is 1. The van der Waals surface area contributed by atoms with Crippen molar-refractivity contribution in [2.75, 3.05) is 6.54 Å². The highest BCUT2D eigenvalue weighted by molar-refractivity contribution is 6.35. The lowest BCUT2D eigenvalue weighted by Crippen LogP contribution is -2.44. The Hall–Kier alpha value is -2.48. The number of nitrogens with zero attached hydrogens (tertiary/aromatic N) is 5. The summed E-state index contributed by atoms with van der Waals surface area (Å²) in [6.07, 6.45) is 9.24. The number of aromatic nitrogens is 4. The number of carbonyl (C=O) groups is 1. The molecule has 196 valence electrons. The number of hydrogen-bond acceptors (Lipinski definition) is 5. The van der Waals surface area contributed by atoms with E-state index in [-0.39, 0.29) is 12.5 Å². The SMILES string of the molecule is Cc1nn(C(C)c2ccc(Cl)cc2Cl)c2nc(C3=CC[C@H](N4CCC[C@H]4CCC(=O)O)[C@H](C)C3)cnc12. The molecule has 0 spiro atoms. The van der Waals surface area contributed by atoms with Gasteiger partial charge in [-0.3, -0.25) is 9.69 Å². The normalized spacial score (nSPS) is 23.4. The second-order valence-corrected chi connectivity index (χ2v) is 11.3. The molecule has 3 heterocycles. The van der Waals surface area contributed by atoms with Crippen LogP contribution in [0.2, 0.25) is 10.0 Å². The van der Waals surface area contributed by atoms with Crippen molar-refractivity contribution >= 4 is 45.9 Å². The Labute approximate surface area is 227 Å². The van der Waals surface area contributed by atoms with Crippen molar-refractivity contribution in [2.24, 2.45) is 5.92 Å². The zero-order chi connectivity index (χ0) is 26.3. The van der Waals surface area contributed by atoms with Gasteiger partial charge in [0, 0.05) is 28.5 Å². The van der Waals surface area contributed by atoms with Gasteiger partial charge in [-0.1, -0.05) is 42.3 Å². The lowest BCUT2D eigenvalue weighted by molar-refractivity contribution is -0.137. The second-order valence-electron chi connectivity index (χ2n) is 10.5. The molecule has 3 aromatic rings. The third-order valence-electron chi connectivity index (χ3n) is 8.02. The number of aliphatic carboxylic acids is 1. The molecule has 2 aromatic heterocycles. The maximum Gasteiger partial charge on any atom is 0.303 e. The summed E-state index contributed by atoms with van der Waals surface area (Å²) in [6, 6.07) is 6.19. The number of likely N-dealkylation sites (tertiary alicyclic amines) is 1. The van der Waals surface area contributed by atoms with Gasteiger partial charge in [0.25, 0.3) is 0 Å². The van der Waals surface area contributed by atoms with E-state index in [0.29, 0.717) is 28.0 Å². The summed E-state index contributed by atoms with van der Waals surface area (Å²) in [7, 11) is 0. The summed E-state index contributed by atoms with van der Waals surface area (Å²) in [6.45, 7) is 7.36. The van der Waals surface area contributed by atoms with Crippen LogP contribution in [0.15, 0.2) is 30.5 Å². The molecule has 0 bridgehead atoms. The minimum atomic E-state index is -0.707. The van der Waals surface area contributed by atoms with Crippen molar-refractivity contribution in [2.45, 2.75) is 77.4 Å². The molecular weight excluding hydrogens is 509 g/mol. The number of aryl methyl sites for hydroxylation is 1. The van der Waals surface area contributed by atoms with E-state index in [1.165, 1.54) is 5.57 Å². The Morgan fingerprint density at radius 1 is 1.30 bits per heavy atom. The van der Waals surface area contributed by atoms with Gasteiger partial charge in [-0.05, 0) is 81.7 Å². The monoisotopic (exact) mass is 541 g/mol. The van der Waals surface area contributed by atoms with Gasteiger partial charge >= 0.3 is 5.97 Å². The summed E-state index contributed by atoms with van der Waals surface area (Å²) in [5, 5.41) is 15.1. The van der Waals surface area contributed by atoms with Gasteiger partial charge in [-0.25, -0.2) is 14.6 Å². The summed E-state index contributed by atoms with van der Waals surface area (Å²) in [5.41, 5.74) is 5.40. The fraction of sp³-hybridized carbons (Fsp3) is 0.500. The molecule has 0 radical (unpaired) electrons. The summed E-state index contributed by atoms with van der Waals surface area (Å²) < 4.78 is 1.91. The molecule has 37 heavy (non-hydrogen) atoms. The minimum absolute atomic E-state index is 0.132. The van der Waals surface area contributed by atoms with E-state index in [9.17, 15) is 4.79 Å². The molecule has 4 atom stereocenters. The van der Waals surface area contributed by atoms with E-state index in [0.717, 1.165) is 66.8 Å². The Morgan fingerprint density at radius 3 is 2.84 bits per heavy atom. The zero-order valence-electron chi connectivity index (χ0n) is 21.5. The van der Waals surface area contributed by atoms with Crippen molar-refractivity contribution < 1.29 is 9.90 Å². The molecule has 1 aliphatic heterocycles. The van der Waals surface area contributed by atoms with Gasteiger partial charge in [0.15, 0.2) is 5.65 Å². The van der Waals surface area contributed by atoms with Crippen LogP contribution in [0.4, 0.5) is 0 Å². The van der Waals surface area contributed by atoms with E-state index >= 15 is 0 Å². The van der Waals surface area contributed by atoms with E-state index < -0.39 is 5.97 Å². The molecule has 1 fully saturated rings. The van der Waals surface area contributed by atoms with Crippen LogP contribution in [0.3, 0.4) is 0 Å². The van der Waals surface area contributed by atoms with Gasteiger partial charge < -0.3 is 5.11 Å². The van der Waals surface area contributed by atoms with E-state index in [1.807, 2.05) is 29.9 Å². The van der Waals surface area contributed by atoms with Gasteiger partial charge in [0.1, 0.15) is 5.52 Å².